The van der Waals surface area contributed by atoms with Crippen LogP contribution in [0.5, 0.6) is 0 Å². The van der Waals surface area contributed by atoms with Gasteiger partial charge in [-0.2, -0.15) is 4.98 Å². The van der Waals surface area contributed by atoms with Crippen LogP contribution in [0.4, 0.5) is 17.3 Å². The summed E-state index contributed by atoms with van der Waals surface area (Å²) in [5, 5.41) is 23.8. The van der Waals surface area contributed by atoms with Gasteiger partial charge in [-0.3, -0.25) is 24.6 Å². The molecule has 0 spiro atoms. The number of nitrogens with one attached hydrogen (secondary N) is 2. The van der Waals surface area contributed by atoms with E-state index in [2.05, 4.69) is 89.2 Å². The number of rotatable bonds is 12. The summed E-state index contributed by atoms with van der Waals surface area (Å²) < 4.78 is 11.4. The van der Waals surface area contributed by atoms with Crippen LogP contribution in [0.2, 0.25) is 0 Å². The quantitative estimate of drug-likeness (QED) is 0.0870. The van der Waals surface area contributed by atoms with Gasteiger partial charge in [-0.25, -0.2) is 19.3 Å². The number of benzene rings is 2. The number of amides is 2. The molecule has 4 fully saturated rings. The molecule has 1 unspecified atom stereocenters. The van der Waals surface area contributed by atoms with E-state index in [0.29, 0.717) is 83.5 Å². The van der Waals surface area contributed by atoms with Gasteiger partial charge in [0, 0.05) is 85.9 Å². The number of likely N-dealkylation sites (tertiary alicyclic amines) is 1. The van der Waals surface area contributed by atoms with Crippen LogP contribution in [0.15, 0.2) is 89.0 Å². The van der Waals surface area contributed by atoms with E-state index in [0.717, 1.165) is 92.6 Å². The lowest BCUT2D eigenvalue weighted by atomic mass is 9.92. The first-order chi connectivity index (χ1) is 34.1. The second kappa shape index (κ2) is 17.9. The van der Waals surface area contributed by atoms with Gasteiger partial charge >= 0.3 is 0 Å². The average Bonchev–Trinajstić information content (AvgIpc) is 4.23. The molecule has 70 heavy (non-hydrogen) atoms. The number of carbonyl (C=O) groups is 2. The number of imide groups is 1. The normalized spacial score (nSPS) is 23.7. The number of hydrogen-bond donors (Lipinski definition) is 3. The smallest absolute Gasteiger partial charge is 0.278 e. The topological polar surface area (TPSA) is 185 Å². The van der Waals surface area contributed by atoms with Crippen LogP contribution in [0.1, 0.15) is 93.6 Å². The predicted molar refractivity (Wildman–Crippen MR) is 268 cm³/mol. The molecular weight excluding hydrogens is 885 g/mol. The summed E-state index contributed by atoms with van der Waals surface area (Å²) >= 11 is 0. The first-order valence-corrected chi connectivity index (χ1v) is 25.3. The zero-order chi connectivity index (χ0) is 47.7. The molecule has 3 N–H and O–H groups in total. The lowest BCUT2D eigenvalue weighted by molar-refractivity contribution is -0.134. The number of anilines is 3. The summed E-state index contributed by atoms with van der Waals surface area (Å²) in [5.41, 5.74) is 5.39. The highest BCUT2D eigenvalue weighted by atomic mass is 16.5. The summed E-state index contributed by atoms with van der Waals surface area (Å²) in [6, 6.07) is 19.6. The Morgan fingerprint density at radius 3 is 2.51 bits per heavy atom. The number of aliphatic hydroxyl groups is 1. The van der Waals surface area contributed by atoms with Crippen molar-refractivity contribution in [3.63, 3.8) is 0 Å². The Morgan fingerprint density at radius 1 is 0.900 bits per heavy atom. The second-order valence-corrected chi connectivity index (χ2v) is 20.2. The van der Waals surface area contributed by atoms with Gasteiger partial charge in [0.1, 0.15) is 16.7 Å². The fourth-order valence-corrected chi connectivity index (χ4v) is 12.4. The van der Waals surface area contributed by atoms with Gasteiger partial charge in [0.25, 0.3) is 5.56 Å². The van der Waals surface area contributed by atoms with Gasteiger partial charge in [0.15, 0.2) is 17.0 Å². The molecule has 3 saturated heterocycles. The predicted octanol–water partition coefficient (Wildman–Crippen LogP) is 6.69. The van der Waals surface area contributed by atoms with Crippen molar-refractivity contribution in [2.75, 3.05) is 56.0 Å². The molecule has 3 aliphatic heterocycles. The van der Waals surface area contributed by atoms with E-state index in [1.165, 1.54) is 24.9 Å². The van der Waals surface area contributed by atoms with E-state index < -0.39 is 11.5 Å². The molecule has 1 saturated carbocycles. The summed E-state index contributed by atoms with van der Waals surface area (Å²) in [6.45, 7) is 13.6. The second-order valence-electron chi connectivity index (χ2n) is 20.2. The van der Waals surface area contributed by atoms with E-state index in [-0.39, 0.29) is 23.9 Å². The molecule has 5 aromatic heterocycles. The molecule has 7 aromatic rings. The Bertz CT molecular complexity index is 3210. The molecule has 17 nitrogen and oxygen atoms in total. The molecular formula is C53H60N12O5. The third-order valence-corrected chi connectivity index (χ3v) is 16.2. The van der Waals surface area contributed by atoms with Crippen molar-refractivity contribution in [3.05, 3.63) is 107 Å². The first-order valence-electron chi connectivity index (χ1n) is 25.3. The number of pyridine rings is 1. The molecule has 17 heteroatoms. The largest absolute Gasteiger partial charge is 0.384 e. The number of nitrogens with zero attached hydrogens (tertiary/aromatic N) is 10. The SMILES string of the molecule is C=CCn1c(=O)c2cnc(Nc3ccc(N4CCN(C5CCN(C[C@@H]6CC[C@H](n7ccc8c9c(C%10CCC(=O)NC%10=O)noc9ccc87)C6)CC5)CC4)cc3)nc2n1-c1ccc2c(n1)[C@@](O)(CC)CC2. The summed E-state index contributed by atoms with van der Waals surface area (Å²) in [5.74, 6) is 0.531. The number of piperidine rings is 2. The van der Waals surface area contributed by atoms with E-state index >= 15 is 0 Å². The number of carbonyl (C=O) groups excluding carboxylic acids is 2. The minimum atomic E-state index is -0.991. The van der Waals surface area contributed by atoms with Gasteiger partial charge in [0.2, 0.25) is 17.8 Å². The third kappa shape index (κ3) is 7.87. The Balaban J connectivity index is 0.637. The van der Waals surface area contributed by atoms with Crippen LogP contribution < -0.4 is 21.1 Å². The van der Waals surface area contributed by atoms with Crippen molar-refractivity contribution in [2.45, 2.75) is 101 Å². The molecule has 5 aliphatic rings. The van der Waals surface area contributed by atoms with Gasteiger partial charge in [-0.15, -0.1) is 6.58 Å². The molecule has 12 rings (SSSR count). The minimum Gasteiger partial charge on any atom is -0.384 e. The first kappa shape index (κ1) is 44.5. The number of fused-ring (bicyclic) bond motifs is 5. The lowest BCUT2D eigenvalue weighted by Gasteiger charge is -2.43. The highest BCUT2D eigenvalue weighted by Gasteiger charge is 2.38. The molecule has 2 aromatic carbocycles. The molecule has 2 aliphatic carbocycles. The molecule has 4 atom stereocenters. The lowest BCUT2D eigenvalue weighted by Crippen LogP contribution is -2.53. The minimum absolute atomic E-state index is 0.231. The maximum Gasteiger partial charge on any atom is 0.278 e. The zero-order valence-corrected chi connectivity index (χ0v) is 39.7. The van der Waals surface area contributed by atoms with Crippen LogP contribution in [0, 0.1) is 5.92 Å². The van der Waals surface area contributed by atoms with Crippen molar-refractivity contribution < 1.29 is 19.2 Å². The van der Waals surface area contributed by atoms with Crippen molar-refractivity contribution in [1.82, 2.24) is 49.2 Å². The maximum absolute atomic E-state index is 13.6. The van der Waals surface area contributed by atoms with Crippen LogP contribution in [0.3, 0.4) is 0 Å². The summed E-state index contributed by atoms with van der Waals surface area (Å²) in [4.78, 5) is 60.4. The molecule has 0 bridgehead atoms. The monoisotopic (exact) mass is 944 g/mol. The van der Waals surface area contributed by atoms with Crippen molar-refractivity contribution in [3.8, 4) is 5.82 Å². The van der Waals surface area contributed by atoms with Crippen LogP contribution in [-0.2, 0) is 28.2 Å². The molecule has 0 radical (unpaired) electrons. The standard InChI is InChI=1S/C53H60N12O5/c1-3-22-64-51(68)41-31-54-52(58-49(41)65(64)44-15-6-34-17-21-53(69,4-2)48(34)56-44)55-35-7-10-36(11-8-35)61-26-28-62(29-27-61)37-18-23-60(24-19-37)32-33-5-9-38(30-33)63-25-20-39-42(63)13-14-43-46(39)47(59-70-43)40-12-16-45(66)57-50(40)67/h3,6-8,10-11,13-15,20,25,31,33,37-38,40,69H,1,4-5,9,12,16-19,21-24,26-30,32H2,2H3,(H,54,55,58)(H,57,66,67)/t33-,38+,40?,53-/m1/s1. The van der Waals surface area contributed by atoms with Gasteiger partial charge in [0.05, 0.1) is 23.5 Å². The van der Waals surface area contributed by atoms with Crippen LogP contribution in [-0.4, -0.2) is 113 Å². The number of piperazine rings is 1. The van der Waals surface area contributed by atoms with Crippen molar-refractivity contribution in [2.24, 2.45) is 5.92 Å². The highest BCUT2D eigenvalue weighted by molar-refractivity contribution is 6.09. The molecule has 362 valence electrons. The molecule has 2 amide bonds. The number of aromatic nitrogens is 7. The van der Waals surface area contributed by atoms with Gasteiger partial charge in [-0.05, 0) is 131 Å². The summed E-state index contributed by atoms with van der Waals surface area (Å²) in [7, 11) is 0. The van der Waals surface area contributed by atoms with Crippen molar-refractivity contribution in [1.29, 1.82) is 0 Å². The Hall–Kier alpha value is -6.69. The van der Waals surface area contributed by atoms with Crippen LogP contribution >= 0.6 is 0 Å². The van der Waals surface area contributed by atoms with Gasteiger partial charge in [-0.1, -0.05) is 24.2 Å². The Kier molecular flexibility index (Phi) is 11.4. The molecule has 8 heterocycles. The Labute approximate surface area is 405 Å². The number of aryl methyl sites for hydroxylation is 1. The van der Waals surface area contributed by atoms with E-state index in [1.54, 1.807) is 21.6 Å². The fourth-order valence-electron chi connectivity index (χ4n) is 12.4. The number of allylic oxidation sites excluding steroid dienone is 1. The zero-order valence-electron chi connectivity index (χ0n) is 39.7. The maximum atomic E-state index is 13.6. The third-order valence-electron chi connectivity index (χ3n) is 16.2. The number of hydrogen-bond acceptors (Lipinski definition) is 13. The summed E-state index contributed by atoms with van der Waals surface area (Å²) in [6.07, 6.45) is 14.1. The van der Waals surface area contributed by atoms with E-state index in [4.69, 9.17) is 14.5 Å². The average molecular weight is 945 g/mol. The van der Waals surface area contributed by atoms with Crippen molar-refractivity contribution >= 4 is 62.0 Å². The highest BCUT2D eigenvalue weighted by Crippen LogP contribution is 2.42. The van der Waals surface area contributed by atoms with E-state index in [9.17, 15) is 19.5 Å². The fraction of sp³-hybridized carbons (Fsp3) is 0.453. The van der Waals surface area contributed by atoms with Crippen LogP contribution in [0.25, 0.3) is 38.7 Å². The van der Waals surface area contributed by atoms with Gasteiger partial charge < -0.3 is 29.3 Å². The Morgan fingerprint density at radius 2 is 1.73 bits per heavy atom. The van der Waals surface area contributed by atoms with E-state index in [1.807, 2.05) is 25.1 Å².